The monoisotopic (exact) mass is 1110 g/mol. The third-order valence-electron chi connectivity index (χ3n) is 14.8. The first-order chi connectivity index (χ1) is 39.5. The maximum Gasteiger partial charge on any atom is 0.306 e. The van der Waals surface area contributed by atoms with E-state index in [9.17, 15) is 14.4 Å². The van der Waals surface area contributed by atoms with Crippen molar-refractivity contribution in [1.82, 2.24) is 0 Å². The van der Waals surface area contributed by atoms with E-state index < -0.39 is 6.10 Å². The molecule has 0 radical (unpaired) electrons. The Morgan fingerprint density at radius 2 is 0.512 bits per heavy atom. The van der Waals surface area contributed by atoms with Gasteiger partial charge in [0, 0.05) is 19.3 Å². The van der Waals surface area contributed by atoms with Gasteiger partial charge < -0.3 is 14.2 Å². The molecule has 1 unspecified atom stereocenters. The Labute approximate surface area is 496 Å². The first kappa shape index (κ1) is 76.3. The summed E-state index contributed by atoms with van der Waals surface area (Å²) in [6.45, 7) is 6.45. The highest BCUT2D eigenvalue weighted by molar-refractivity contribution is 5.71. The molecule has 0 aromatic rings. The van der Waals surface area contributed by atoms with E-state index in [0.29, 0.717) is 19.3 Å². The summed E-state index contributed by atoms with van der Waals surface area (Å²) >= 11 is 0. The van der Waals surface area contributed by atoms with Crippen LogP contribution in [0.15, 0.2) is 97.2 Å². The molecule has 0 spiro atoms. The number of carbonyl (C=O) groups excluding carboxylic acids is 3. The molecule has 6 heteroatoms. The smallest absolute Gasteiger partial charge is 0.306 e. The molecule has 0 rings (SSSR count). The van der Waals surface area contributed by atoms with Crippen LogP contribution in [0.2, 0.25) is 0 Å². The second-order valence-electron chi connectivity index (χ2n) is 22.7. The number of hydrogen-bond acceptors (Lipinski definition) is 6. The van der Waals surface area contributed by atoms with Gasteiger partial charge >= 0.3 is 17.9 Å². The molecule has 0 aromatic heterocycles. The van der Waals surface area contributed by atoms with Crippen molar-refractivity contribution in [1.29, 1.82) is 0 Å². The van der Waals surface area contributed by atoms with Crippen molar-refractivity contribution in [2.75, 3.05) is 13.2 Å². The topological polar surface area (TPSA) is 78.9 Å². The fourth-order valence-electron chi connectivity index (χ4n) is 9.68. The highest BCUT2D eigenvalue weighted by atomic mass is 16.6. The van der Waals surface area contributed by atoms with Crippen LogP contribution in [0, 0.1) is 0 Å². The Balaban J connectivity index is 4.12. The summed E-state index contributed by atoms with van der Waals surface area (Å²) in [7, 11) is 0. The van der Waals surface area contributed by atoms with Crippen LogP contribution < -0.4 is 0 Å². The summed E-state index contributed by atoms with van der Waals surface area (Å²) in [6, 6.07) is 0. The van der Waals surface area contributed by atoms with Crippen LogP contribution in [-0.4, -0.2) is 37.2 Å². The molecular weight excluding hydrogens is 985 g/mol. The van der Waals surface area contributed by atoms with Crippen LogP contribution in [-0.2, 0) is 28.6 Å². The van der Waals surface area contributed by atoms with Crippen molar-refractivity contribution in [3.63, 3.8) is 0 Å². The van der Waals surface area contributed by atoms with E-state index in [1.165, 1.54) is 173 Å². The summed E-state index contributed by atoms with van der Waals surface area (Å²) in [5, 5.41) is 0. The summed E-state index contributed by atoms with van der Waals surface area (Å²) in [5.74, 6) is -0.893. The second-order valence-corrected chi connectivity index (χ2v) is 22.7. The number of esters is 3. The minimum atomic E-state index is -0.786. The van der Waals surface area contributed by atoms with Gasteiger partial charge in [-0.2, -0.15) is 0 Å². The summed E-state index contributed by atoms with van der Waals surface area (Å²) < 4.78 is 16.9. The van der Waals surface area contributed by atoms with E-state index in [0.717, 1.165) is 122 Å². The maximum absolute atomic E-state index is 12.9. The predicted octanol–water partition coefficient (Wildman–Crippen LogP) is 23.6. The van der Waals surface area contributed by atoms with Crippen molar-refractivity contribution in [3.8, 4) is 0 Å². The first-order valence-electron chi connectivity index (χ1n) is 34.2. The largest absolute Gasteiger partial charge is 0.462 e. The summed E-state index contributed by atoms with van der Waals surface area (Å²) in [5.41, 5.74) is 0. The van der Waals surface area contributed by atoms with Crippen molar-refractivity contribution < 1.29 is 28.6 Å². The van der Waals surface area contributed by atoms with E-state index in [2.05, 4.69) is 118 Å². The molecule has 0 fully saturated rings. The SMILES string of the molecule is CC/C=C\C/C=C\C/C=C\C/C=C\CCCCCCCCCCCCCCCCCCCCCCC(=O)OCC(COC(=O)CCCCCCC/C=C\CCC)OC(=O)CCCCCCCC/C=C\C/C=C\C/C=C\CCCCC. The van der Waals surface area contributed by atoms with E-state index in [1.807, 2.05) is 0 Å². The Bertz CT molecular complexity index is 1560. The van der Waals surface area contributed by atoms with Crippen molar-refractivity contribution in [3.05, 3.63) is 97.2 Å². The van der Waals surface area contributed by atoms with Gasteiger partial charge in [-0.3, -0.25) is 14.4 Å². The van der Waals surface area contributed by atoms with Crippen LogP contribution >= 0.6 is 0 Å². The summed E-state index contributed by atoms with van der Waals surface area (Å²) in [4.78, 5) is 38.3. The Morgan fingerprint density at radius 1 is 0.263 bits per heavy atom. The lowest BCUT2D eigenvalue weighted by Gasteiger charge is -2.18. The Hall–Kier alpha value is -3.67. The van der Waals surface area contributed by atoms with Crippen molar-refractivity contribution in [2.24, 2.45) is 0 Å². The average Bonchev–Trinajstić information content (AvgIpc) is 3.46. The third kappa shape index (κ3) is 65.1. The molecule has 0 aromatic carbocycles. The molecule has 0 saturated carbocycles. The molecule has 0 aliphatic heterocycles. The van der Waals surface area contributed by atoms with Gasteiger partial charge in [-0.1, -0.05) is 298 Å². The zero-order valence-corrected chi connectivity index (χ0v) is 52.8. The number of ether oxygens (including phenoxy) is 3. The number of unbranched alkanes of at least 4 members (excludes halogenated alkanes) is 35. The van der Waals surface area contributed by atoms with E-state index >= 15 is 0 Å². The lowest BCUT2D eigenvalue weighted by Crippen LogP contribution is -2.30. The Kier molecular flexibility index (Phi) is 64.7. The van der Waals surface area contributed by atoms with E-state index in [4.69, 9.17) is 14.2 Å². The van der Waals surface area contributed by atoms with Gasteiger partial charge in [0.05, 0.1) is 0 Å². The molecule has 0 heterocycles. The van der Waals surface area contributed by atoms with Gasteiger partial charge in [0.15, 0.2) is 6.10 Å². The maximum atomic E-state index is 12.9. The van der Waals surface area contributed by atoms with Gasteiger partial charge in [0.1, 0.15) is 13.2 Å². The van der Waals surface area contributed by atoms with Gasteiger partial charge in [-0.25, -0.2) is 0 Å². The van der Waals surface area contributed by atoms with Crippen LogP contribution in [0.1, 0.15) is 335 Å². The average molecular weight is 1110 g/mol. The van der Waals surface area contributed by atoms with Gasteiger partial charge in [0.2, 0.25) is 0 Å². The lowest BCUT2D eigenvalue weighted by molar-refractivity contribution is -0.167. The van der Waals surface area contributed by atoms with Crippen LogP contribution in [0.25, 0.3) is 0 Å². The van der Waals surface area contributed by atoms with Gasteiger partial charge in [-0.05, 0) is 116 Å². The summed E-state index contributed by atoms with van der Waals surface area (Å²) in [6.07, 6.45) is 91.6. The molecule has 80 heavy (non-hydrogen) atoms. The number of hydrogen-bond donors (Lipinski definition) is 0. The number of allylic oxidation sites excluding steroid dienone is 16. The minimum Gasteiger partial charge on any atom is -0.462 e. The van der Waals surface area contributed by atoms with Crippen LogP contribution in [0.5, 0.6) is 0 Å². The fraction of sp³-hybridized carbons (Fsp3) is 0.743. The second kappa shape index (κ2) is 67.8. The molecule has 0 aliphatic carbocycles. The van der Waals surface area contributed by atoms with E-state index in [1.54, 1.807) is 0 Å². The molecular formula is C74H128O6. The van der Waals surface area contributed by atoms with Gasteiger partial charge in [-0.15, -0.1) is 0 Å². The lowest BCUT2D eigenvalue weighted by atomic mass is 10.0. The zero-order chi connectivity index (χ0) is 57.8. The van der Waals surface area contributed by atoms with Crippen LogP contribution in [0.3, 0.4) is 0 Å². The Morgan fingerprint density at radius 3 is 0.825 bits per heavy atom. The highest BCUT2D eigenvalue weighted by Gasteiger charge is 2.19. The molecule has 0 bridgehead atoms. The molecule has 460 valence electrons. The third-order valence-corrected chi connectivity index (χ3v) is 14.8. The zero-order valence-electron chi connectivity index (χ0n) is 52.8. The van der Waals surface area contributed by atoms with Crippen molar-refractivity contribution >= 4 is 17.9 Å². The normalized spacial score (nSPS) is 12.7. The molecule has 0 amide bonds. The van der Waals surface area contributed by atoms with E-state index in [-0.39, 0.29) is 31.1 Å². The molecule has 6 nitrogen and oxygen atoms in total. The number of rotatable bonds is 62. The predicted molar refractivity (Wildman–Crippen MR) is 348 cm³/mol. The molecule has 0 aliphatic rings. The minimum absolute atomic E-state index is 0.0822. The highest BCUT2D eigenvalue weighted by Crippen LogP contribution is 2.17. The standard InChI is InChI=1S/C74H128O6/c1-4-7-10-13-16-19-22-24-26-28-30-31-32-33-34-35-36-37-38-39-40-41-42-43-45-46-48-50-52-55-58-61-64-67-73(76)79-70-71(69-78-72(75)66-63-60-57-54-21-18-15-12-9-6-3)80-74(77)68-65-62-59-56-53-51-49-47-44-29-27-25-23-20-17-14-11-8-5-2/h7,10,12,15-17,19-20,24-27,30-31,44,47,71H,4-6,8-9,11,13-14,18,21-23,28-29,32-43,45-46,48-70H2,1-3H3/b10-7-,15-12-,19-16-,20-17-,26-24-,27-25-,31-30-,47-44-. The molecule has 1 atom stereocenters. The van der Waals surface area contributed by atoms with Gasteiger partial charge in [0.25, 0.3) is 0 Å². The number of carbonyl (C=O) groups is 3. The van der Waals surface area contributed by atoms with Crippen molar-refractivity contribution in [2.45, 2.75) is 341 Å². The molecule has 0 N–H and O–H groups in total. The van der Waals surface area contributed by atoms with Crippen LogP contribution in [0.4, 0.5) is 0 Å². The quantitative estimate of drug-likeness (QED) is 0.0261. The fourth-order valence-corrected chi connectivity index (χ4v) is 9.68. The first-order valence-corrected chi connectivity index (χ1v) is 34.2. The molecule has 0 saturated heterocycles.